The van der Waals surface area contributed by atoms with Crippen LogP contribution in [0.25, 0.3) is 56.7 Å². The first kappa shape index (κ1) is 33.7. The van der Waals surface area contributed by atoms with E-state index in [0.29, 0.717) is 28.8 Å². The van der Waals surface area contributed by atoms with Crippen LogP contribution in [0, 0.1) is 0 Å². The van der Waals surface area contributed by atoms with Gasteiger partial charge in [0.05, 0.1) is 28.2 Å². The zero-order valence-corrected chi connectivity index (χ0v) is 28.9. The van der Waals surface area contributed by atoms with Gasteiger partial charge in [0, 0.05) is 17.7 Å². The van der Waals surface area contributed by atoms with Gasteiger partial charge in [0.2, 0.25) is 0 Å². The maximum Gasteiger partial charge on any atom is 0.183 e. The molecule has 7 heteroatoms. The molecule has 7 nitrogen and oxygen atoms in total. The number of phenols is 6. The number of anilines is 3. The predicted octanol–water partition coefficient (Wildman–Crippen LogP) is 11.5. The van der Waals surface area contributed by atoms with Gasteiger partial charge in [0.25, 0.3) is 0 Å². The van der Waals surface area contributed by atoms with E-state index < -0.39 is 23.0 Å². The van der Waals surface area contributed by atoms with Gasteiger partial charge in [0.15, 0.2) is 23.0 Å². The van der Waals surface area contributed by atoms with Gasteiger partial charge in [-0.05, 0) is 57.5 Å². The van der Waals surface area contributed by atoms with E-state index in [0.717, 1.165) is 27.8 Å². The molecular weight excluding hydrogens is 675 g/mol. The van der Waals surface area contributed by atoms with Crippen molar-refractivity contribution in [1.82, 2.24) is 0 Å². The van der Waals surface area contributed by atoms with Gasteiger partial charge in [-0.2, -0.15) is 0 Å². The van der Waals surface area contributed by atoms with Crippen molar-refractivity contribution in [3.8, 4) is 79.0 Å². The Hall–Kier alpha value is -7.38. The van der Waals surface area contributed by atoms with E-state index in [-0.39, 0.29) is 34.0 Å². The maximum atomic E-state index is 12.0. The number of hydrogen-bond donors (Lipinski definition) is 6. The van der Waals surface area contributed by atoms with E-state index in [1.165, 1.54) is 17.0 Å². The summed E-state index contributed by atoms with van der Waals surface area (Å²) in [6.07, 6.45) is 8.47. The summed E-state index contributed by atoms with van der Waals surface area (Å²) < 4.78 is 0. The SMILES string of the molecule is Oc1cc(N(c2cc(O)c(-c3ccc(-c4ccccc4)c(-c4ccccc4)c3)c(O)c2O)c2cccc3c2C=CCC=C3)c(O)c(O)c1-c1ccccc1. The highest BCUT2D eigenvalue weighted by atomic mass is 16.3. The van der Waals surface area contributed by atoms with Crippen LogP contribution in [-0.2, 0) is 0 Å². The molecule has 0 amide bonds. The highest BCUT2D eigenvalue weighted by Crippen LogP contribution is 2.57. The topological polar surface area (TPSA) is 125 Å². The highest BCUT2D eigenvalue weighted by Gasteiger charge is 2.30. The molecule has 0 aromatic heterocycles. The van der Waals surface area contributed by atoms with Crippen molar-refractivity contribution in [1.29, 1.82) is 0 Å². The molecule has 7 aromatic rings. The Morgan fingerprint density at radius 2 is 0.907 bits per heavy atom. The number of rotatable bonds is 7. The summed E-state index contributed by atoms with van der Waals surface area (Å²) in [6.45, 7) is 0. The van der Waals surface area contributed by atoms with Gasteiger partial charge < -0.3 is 35.5 Å². The molecular formula is C47H35NO6. The molecule has 0 saturated carbocycles. The van der Waals surface area contributed by atoms with E-state index in [1.807, 2.05) is 103 Å². The Morgan fingerprint density at radius 1 is 0.389 bits per heavy atom. The summed E-state index contributed by atoms with van der Waals surface area (Å²) in [5.74, 6) is -3.09. The van der Waals surface area contributed by atoms with Crippen LogP contribution in [0.1, 0.15) is 17.5 Å². The summed E-state index contributed by atoms with van der Waals surface area (Å²) in [5, 5.41) is 70.1. The first-order valence-electron chi connectivity index (χ1n) is 17.4. The van der Waals surface area contributed by atoms with Crippen LogP contribution in [0.15, 0.2) is 152 Å². The Balaban J connectivity index is 1.35. The Morgan fingerprint density at radius 3 is 1.50 bits per heavy atom. The number of allylic oxidation sites excluding steroid dienone is 2. The lowest BCUT2D eigenvalue weighted by Gasteiger charge is -2.30. The molecule has 0 atom stereocenters. The fourth-order valence-corrected chi connectivity index (χ4v) is 7.14. The Labute approximate surface area is 312 Å². The second-order valence-electron chi connectivity index (χ2n) is 13.0. The smallest absolute Gasteiger partial charge is 0.183 e. The average molecular weight is 710 g/mol. The Kier molecular flexibility index (Phi) is 8.73. The average Bonchev–Trinajstić information content (AvgIpc) is 3.46. The van der Waals surface area contributed by atoms with Crippen LogP contribution in [0.2, 0.25) is 0 Å². The van der Waals surface area contributed by atoms with Crippen LogP contribution in [-0.4, -0.2) is 30.6 Å². The molecule has 8 rings (SSSR count). The van der Waals surface area contributed by atoms with Crippen molar-refractivity contribution in [2.75, 3.05) is 4.90 Å². The van der Waals surface area contributed by atoms with E-state index in [2.05, 4.69) is 0 Å². The van der Waals surface area contributed by atoms with E-state index >= 15 is 0 Å². The molecule has 0 heterocycles. The van der Waals surface area contributed by atoms with Gasteiger partial charge >= 0.3 is 0 Å². The molecule has 0 saturated heterocycles. The van der Waals surface area contributed by atoms with Gasteiger partial charge in [-0.25, -0.2) is 0 Å². The standard InChI is InChI=1S/C47H35NO6/c49-40-27-38(44(51)46(53)42(40)32-19-10-3-11-20-32)48(37-23-13-21-30-16-9-4-12-22-35(30)37)39-28-41(50)43(47(54)45(39)52)33-24-25-34(29-14-5-1-6-15-29)36(26-33)31-17-7-2-8-18-31/h1-3,5-28,49-54H,4H2. The monoisotopic (exact) mass is 709 g/mol. The Bertz CT molecular complexity index is 2580. The molecule has 0 fully saturated rings. The molecule has 0 bridgehead atoms. The third-order valence-corrected chi connectivity index (χ3v) is 9.70. The van der Waals surface area contributed by atoms with Crippen molar-refractivity contribution in [3.05, 3.63) is 163 Å². The van der Waals surface area contributed by atoms with Gasteiger partial charge in [0.1, 0.15) is 11.5 Å². The van der Waals surface area contributed by atoms with E-state index in [9.17, 15) is 30.6 Å². The molecule has 264 valence electrons. The molecule has 7 aromatic carbocycles. The molecule has 1 aliphatic rings. The largest absolute Gasteiger partial charge is 0.507 e. The number of phenolic OH excluding ortho intramolecular Hbond substituents is 6. The lowest BCUT2D eigenvalue weighted by molar-refractivity contribution is 0.397. The third-order valence-electron chi connectivity index (χ3n) is 9.70. The quantitative estimate of drug-likeness (QED) is 0.0719. The number of hydrogen-bond acceptors (Lipinski definition) is 7. The molecule has 0 radical (unpaired) electrons. The first-order valence-corrected chi connectivity index (χ1v) is 17.4. The summed E-state index contributed by atoms with van der Waals surface area (Å²) in [5.41, 5.74) is 6.36. The van der Waals surface area contributed by atoms with Crippen LogP contribution in [0.3, 0.4) is 0 Å². The fraction of sp³-hybridized carbons (Fsp3) is 0.0213. The first-order chi connectivity index (χ1) is 26.3. The highest BCUT2D eigenvalue weighted by molar-refractivity contribution is 5.97. The van der Waals surface area contributed by atoms with Gasteiger partial charge in [-0.3, -0.25) is 0 Å². The van der Waals surface area contributed by atoms with Crippen molar-refractivity contribution in [3.63, 3.8) is 0 Å². The summed E-state index contributed by atoms with van der Waals surface area (Å²) >= 11 is 0. The number of fused-ring (bicyclic) bond motifs is 1. The minimum Gasteiger partial charge on any atom is -0.507 e. The molecule has 0 aliphatic heterocycles. The summed E-state index contributed by atoms with van der Waals surface area (Å²) in [6, 6.07) is 41.9. The van der Waals surface area contributed by atoms with Crippen molar-refractivity contribution >= 4 is 29.2 Å². The third kappa shape index (κ3) is 5.93. The molecule has 1 aliphatic carbocycles. The number of aromatic hydroxyl groups is 6. The summed E-state index contributed by atoms with van der Waals surface area (Å²) in [7, 11) is 0. The normalized spacial score (nSPS) is 11.9. The van der Waals surface area contributed by atoms with E-state index in [4.69, 9.17) is 0 Å². The van der Waals surface area contributed by atoms with Gasteiger partial charge in [-0.1, -0.05) is 140 Å². The molecule has 54 heavy (non-hydrogen) atoms. The van der Waals surface area contributed by atoms with Crippen molar-refractivity contribution < 1.29 is 30.6 Å². The number of nitrogens with zero attached hydrogens (tertiary/aromatic N) is 1. The second-order valence-corrected chi connectivity index (χ2v) is 13.0. The lowest BCUT2D eigenvalue weighted by atomic mass is 9.90. The van der Waals surface area contributed by atoms with E-state index in [1.54, 1.807) is 48.5 Å². The second kappa shape index (κ2) is 14.0. The fourth-order valence-electron chi connectivity index (χ4n) is 7.14. The minimum atomic E-state index is -0.604. The molecule has 6 N–H and O–H groups in total. The van der Waals surface area contributed by atoms with Crippen molar-refractivity contribution in [2.45, 2.75) is 6.42 Å². The molecule has 0 unspecified atom stereocenters. The molecule has 0 spiro atoms. The van der Waals surface area contributed by atoms with Crippen LogP contribution < -0.4 is 4.90 Å². The summed E-state index contributed by atoms with van der Waals surface area (Å²) in [4.78, 5) is 1.40. The minimum absolute atomic E-state index is 0.00273. The van der Waals surface area contributed by atoms with Gasteiger partial charge in [-0.15, -0.1) is 0 Å². The zero-order valence-electron chi connectivity index (χ0n) is 28.9. The van der Waals surface area contributed by atoms with Crippen LogP contribution >= 0.6 is 0 Å². The lowest BCUT2D eigenvalue weighted by Crippen LogP contribution is -2.13. The number of benzene rings is 7. The zero-order chi connectivity index (χ0) is 37.3. The van der Waals surface area contributed by atoms with Crippen molar-refractivity contribution in [2.24, 2.45) is 0 Å². The maximum absolute atomic E-state index is 12.0. The van der Waals surface area contributed by atoms with Crippen LogP contribution in [0.4, 0.5) is 17.1 Å². The van der Waals surface area contributed by atoms with Crippen LogP contribution in [0.5, 0.6) is 34.5 Å². The predicted molar refractivity (Wildman–Crippen MR) is 216 cm³/mol.